The van der Waals surface area contributed by atoms with E-state index in [-0.39, 0.29) is 62.2 Å². The van der Waals surface area contributed by atoms with E-state index >= 15 is 0 Å². The van der Waals surface area contributed by atoms with Crippen LogP contribution in [-0.2, 0) is 37.1 Å². The van der Waals surface area contributed by atoms with Crippen LogP contribution in [0.25, 0.3) is 0 Å². The number of likely N-dealkylation sites (N-methyl/N-ethyl adjacent to an activating group) is 2. The number of carbonyl (C=O) groups excluding carboxylic acids is 7. The number of rotatable bonds is 19. The van der Waals surface area contributed by atoms with Gasteiger partial charge in [0.25, 0.3) is 11.8 Å². The van der Waals surface area contributed by atoms with Crippen molar-refractivity contribution in [2.45, 2.75) is 142 Å². The Kier molecular flexibility index (Phi) is 18.1. The van der Waals surface area contributed by atoms with Crippen LogP contribution in [-0.4, -0.2) is 148 Å². The van der Waals surface area contributed by atoms with Gasteiger partial charge in [-0.3, -0.25) is 44.0 Å². The summed E-state index contributed by atoms with van der Waals surface area (Å²) < 4.78 is 0. The summed E-state index contributed by atoms with van der Waals surface area (Å²) in [5.74, 6) is -3.39. The van der Waals surface area contributed by atoms with Crippen molar-refractivity contribution in [2.24, 2.45) is 10.8 Å². The van der Waals surface area contributed by atoms with Crippen molar-refractivity contribution in [3.05, 3.63) is 89.2 Å². The molecule has 0 spiro atoms. The molecule has 10 N–H and O–H groups in total. The fraction of sp³-hybridized carbons (Fsp3) is 0.560. The molecule has 2 aromatic carbocycles. The largest absolute Gasteiger partial charge is 0.374 e. The molecule has 2 saturated heterocycles. The molecule has 0 bridgehead atoms. The van der Waals surface area contributed by atoms with Crippen LogP contribution in [0.15, 0.2) is 66.7 Å². The third kappa shape index (κ3) is 14.0. The molecule has 20 nitrogen and oxygen atoms in total. The zero-order valence-electron chi connectivity index (χ0n) is 42.4. The average Bonchev–Trinajstić information content (AvgIpc) is 4.10. The molecule has 0 aliphatic carbocycles. The van der Waals surface area contributed by atoms with E-state index in [0.717, 1.165) is 11.1 Å². The van der Waals surface area contributed by atoms with Crippen LogP contribution in [0.4, 0.5) is 0 Å². The smallest absolute Gasteiger partial charge is 0.272 e. The van der Waals surface area contributed by atoms with Crippen molar-refractivity contribution >= 4 is 41.4 Å². The fourth-order valence-electron chi connectivity index (χ4n) is 8.55. The van der Waals surface area contributed by atoms with Gasteiger partial charge < -0.3 is 52.1 Å². The Bertz CT molecular complexity index is 2310. The number of aliphatic hydroxyl groups is 1. The number of hydrogen-bond acceptors (Lipinski definition) is 12. The third-order valence-corrected chi connectivity index (χ3v) is 13.1. The Hall–Kier alpha value is -6.22. The lowest BCUT2D eigenvalue weighted by molar-refractivity contribution is -0.146. The molecular formula is C50H74N12O8. The van der Waals surface area contributed by atoms with Gasteiger partial charge in [0.15, 0.2) is 5.69 Å². The quantitative estimate of drug-likeness (QED) is 0.0752. The second-order valence-corrected chi connectivity index (χ2v) is 20.8. The van der Waals surface area contributed by atoms with Crippen LogP contribution in [0.3, 0.4) is 0 Å². The van der Waals surface area contributed by atoms with Crippen LogP contribution in [0, 0.1) is 10.8 Å². The minimum absolute atomic E-state index is 0.00846. The first kappa shape index (κ1) is 54.7. The summed E-state index contributed by atoms with van der Waals surface area (Å²) in [5, 5.41) is 42.2. The van der Waals surface area contributed by atoms with Crippen LogP contribution >= 0.6 is 0 Å². The highest BCUT2D eigenvalue weighted by Gasteiger charge is 2.50. The Labute approximate surface area is 411 Å². The van der Waals surface area contributed by atoms with Crippen molar-refractivity contribution in [3.63, 3.8) is 0 Å². The van der Waals surface area contributed by atoms with Gasteiger partial charge in [-0.1, -0.05) is 102 Å². The normalized spacial score (nSPS) is 20.9. The fourth-order valence-corrected chi connectivity index (χ4v) is 8.55. The molecule has 70 heavy (non-hydrogen) atoms. The molecule has 2 aliphatic rings. The standard InChI is InChI=1S/C50H74N12O8/c1-29(51-10)41(63)57-39(48(3,4)5)46(68)61-27-33(22-37(61)45(67)53-25-31-18-14-12-15-19-31)55-43(65)35-24-36(60-59-35)44(66)56-34-23-38(50(9,70)54-26-32-20-16-13-17-21-32)62(28-34)47(69)40(49(6,7)8)58-42(64)30(2)52-11/h12-21,24,29-30,33-34,37-40,51-52,54,70H,22-23,25-28H2,1-11H3,(H,53,67)(H,55,65)(H,56,66)(H,57,63)(H,58,64)(H,59,60)/t29-,30-,33-,34-,37?,38-,39+,40+,50?/m0/s1. The molecule has 2 fully saturated rings. The molecule has 9 atom stereocenters. The molecule has 2 aliphatic heterocycles. The van der Waals surface area contributed by atoms with Gasteiger partial charge in [-0.05, 0) is 69.7 Å². The maximum atomic E-state index is 14.6. The van der Waals surface area contributed by atoms with E-state index < -0.39 is 94.4 Å². The highest BCUT2D eigenvalue weighted by molar-refractivity contribution is 5.99. The topological polar surface area (TPSA) is 271 Å². The van der Waals surface area contributed by atoms with Crippen molar-refractivity contribution < 1.29 is 38.7 Å². The molecule has 2 unspecified atom stereocenters. The average molecular weight is 971 g/mol. The molecule has 382 valence electrons. The zero-order chi connectivity index (χ0) is 51.7. The van der Waals surface area contributed by atoms with Gasteiger partial charge in [0.1, 0.15) is 29.5 Å². The summed E-state index contributed by atoms with van der Waals surface area (Å²) in [4.78, 5) is 99.6. The Balaban J connectivity index is 1.32. The molecule has 5 rings (SSSR count). The Morgan fingerprint density at radius 3 is 1.67 bits per heavy atom. The Morgan fingerprint density at radius 1 is 0.686 bits per heavy atom. The van der Waals surface area contributed by atoms with Gasteiger partial charge in [0, 0.05) is 44.3 Å². The van der Waals surface area contributed by atoms with Gasteiger partial charge in [-0.15, -0.1) is 0 Å². The minimum atomic E-state index is -1.65. The van der Waals surface area contributed by atoms with Crippen LogP contribution in [0.2, 0.25) is 0 Å². The second-order valence-electron chi connectivity index (χ2n) is 20.8. The number of aromatic nitrogens is 2. The lowest BCUT2D eigenvalue weighted by Gasteiger charge is -2.41. The van der Waals surface area contributed by atoms with Crippen molar-refractivity contribution in [1.29, 1.82) is 0 Å². The van der Waals surface area contributed by atoms with Crippen molar-refractivity contribution in [2.75, 3.05) is 27.2 Å². The SMILES string of the molecule is CN[C@@H](C)C(=O)N[C@H](C(=O)N1C[C@@H](NC(=O)c2cc(C(=O)N[C@H]3C[C@@H](C(C)(O)NCc4ccccc4)N(C(=O)[C@@H](NC(=O)[C@H](C)NC)C(C)(C)C)C3)n[nH]2)CC1C(=O)NCc1ccccc1)C(C)(C)C. The summed E-state index contributed by atoms with van der Waals surface area (Å²) >= 11 is 0. The first-order valence-electron chi connectivity index (χ1n) is 23.9. The monoisotopic (exact) mass is 971 g/mol. The van der Waals surface area contributed by atoms with E-state index in [2.05, 4.69) is 52.7 Å². The molecule has 1 aromatic heterocycles. The Morgan fingerprint density at radius 2 is 1.16 bits per heavy atom. The van der Waals surface area contributed by atoms with E-state index in [1.807, 2.05) is 102 Å². The van der Waals surface area contributed by atoms with Gasteiger partial charge in [0.05, 0.1) is 18.1 Å². The van der Waals surface area contributed by atoms with E-state index in [1.165, 1.54) is 15.9 Å². The predicted molar refractivity (Wildman–Crippen MR) is 263 cm³/mol. The summed E-state index contributed by atoms with van der Waals surface area (Å²) in [6, 6.07) is 13.6. The number of H-pyrrole nitrogens is 1. The predicted octanol–water partition coefficient (Wildman–Crippen LogP) is 0.901. The minimum Gasteiger partial charge on any atom is -0.374 e. The first-order valence-corrected chi connectivity index (χ1v) is 23.9. The van der Waals surface area contributed by atoms with E-state index in [4.69, 9.17) is 0 Å². The highest BCUT2D eigenvalue weighted by atomic mass is 16.3. The van der Waals surface area contributed by atoms with Gasteiger partial charge >= 0.3 is 0 Å². The lowest BCUT2D eigenvalue weighted by Crippen LogP contribution is -2.63. The van der Waals surface area contributed by atoms with Crippen LogP contribution in [0.1, 0.15) is 107 Å². The van der Waals surface area contributed by atoms with Gasteiger partial charge in [0.2, 0.25) is 29.5 Å². The number of nitrogens with zero attached hydrogens (tertiary/aromatic N) is 3. The highest BCUT2D eigenvalue weighted by Crippen LogP contribution is 2.31. The second kappa shape index (κ2) is 23.1. The van der Waals surface area contributed by atoms with Crippen LogP contribution in [0.5, 0.6) is 0 Å². The first-order chi connectivity index (χ1) is 32.8. The van der Waals surface area contributed by atoms with E-state index in [0.29, 0.717) is 0 Å². The summed E-state index contributed by atoms with van der Waals surface area (Å²) in [6.45, 7) is 16.3. The van der Waals surface area contributed by atoms with E-state index in [9.17, 15) is 38.7 Å². The maximum Gasteiger partial charge on any atom is 0.272 e. The summed E-state index contributed by atoms with van der Waals surface area (Å²) in [7, 11) is 3.28. The number of amides is 7. The number of benzene rings is 2. The maximum absolute atomic E-state index is 14.6. The van der Waals surface area contributed by atoms with Gasteiger partial charge in [-0.25, -0.2) is 0 Å². The molecule has 3 heterocycles. The van der Waals surface area contributed by atoms with Crippen molar-refractivity contribution in [1.82, 2.24) is 62.5 Å². The summed E-state index contributed by atoms with van der Waals surface area (Å²) in [5.41, 5.74) is -1.56. The summed E-state index contributed by atoms with van der Waals surface area (Å²) in [6.07, 6.45) is 0.195. The lowest BCUT2D eigenvalue weighted by atomic mass is 9.85. The number of carbonyl (C=O) groups is 7. The number of nitrogens with one attached hydrogen (secondary N) is 9. The van der Waals surface area contributed by atoms with Crippen molar-refractivity contribution in [3.8, 4) is 0 Å². The number of likely N-dealkylation sites (tertiary alicyclic amines) is 2. The van der Waals surface area contributed by atoms with E-state index in [1.54, 1.807) is 34.9 Å². The molecule has 0 saturated carbocycles. The van der Waals surface area contributed by atoms with Crippen LogP contribution < -0.4 is 42.5 Å². The molecule has 20 heteroatoms. The number of aromatic amines is 1. The third-order valence-electron chi connectivity index (χ3n) is 13.1. The molecule has 0 radical (unpaired) electrons. The molecule has 7 amide bonds. The molecule has 3 aromatic rings. The number of hydrogen-bond donors (Lipinski definition) is 10. The molecular weight excluding hydrogens is 897 g/mol. The zero-order valence-corrected chi connectivity index (χ0v) is 42.4. The van der Waals surface area contributed by atoms with Gasteiger partial charge in [-0.2, -0.15) is 5.10 Å².